The van der Waals surface area contributed by atoms with Gasteiger partial charge in [-0.3, -0.25) is 9.59 Å². The van der Waals surface area contributed by atoms with Crippen molar-refractivity contribution in [2.24, 2.45) is 11.8 Å². The van der Waals surface area contributed by atoms with Gasteiger partial charge >= 0.3 is 16.2 Å². The van der Waals surface area contributed by atoms with E-state index < -0.39 is 21.7 Å². The molecule has 0 aromatic heterocycles. The predicted octanol–water partition coefficient (Wildman–Crippen LogP) is 2.65. The van der Waals surface area contributed by atoms with Crippen LogP contribution in [-0.4, -0.2) is 37.5 Å². The first kappa shape index (κ1) is 22.4. The van der Waals surface area contributed by atoms with Crippen molar-refractivity contribution in [3.05, 3.63) is 23.8 Å². The normalized spacial score (nSPS) is 23.8. The van der Waals surface area contributed by atoms with Gasteiger partial charge in [-0.05, 0) is 69.6 Å². The summed E-state index contributed by atoms with van der Waals surface area (Å²) in [6.07, 6.45) is 5.21. The minimum Gasteiger partial charge on any atom is -0.506 e. The van der Waals surface area contributed by atoms with Gasteiger partial charge in [-0.1, -0.05) is 18.9 Å². The topological polar surface area (TPSA) is 113 Å². The van der Waals surface area contributed by atoms with Gasteiger partial charge in [-0.15, -0.1) is 0 Å². The number of phenolic OH excluding ortho intramolecular Hbond substituents is 1. The molecular formula is C21H30N2O6S. The maximum atomic E-state index is 12.3. The van der Waals surface area contributed by atoms with Gasteiger partial charge < -0.3 is 9.84 Å². The Morgan fingerprint density at radius 3 is 2.47 bits per heavy atom. The Balaban J connectivity index is 1.71. The number of nitrogens with one attached hydrogen (secondary N) is 1. The van der Waals surface area contributed by atoms with E-state index in [0.717, 1.165) is 35.6 Å². The number of carbonyl (C=O) groups is 2. The van der Waals surface area contributed by atoms with Crippen LogP contribution >= 0.6 is 0 Å². The highest BCUT2D eigenvalue weighted by atomic mass is 32.2. The molecular weight excluding hydrogens is 408 g/mol. The number of ether oxygens (including phenoxy) is 1. The van der Waals surface area contributed by atoms with E-state index in [1.54, 1.807) is 12.1 Å². The van der Waals surface area contributed by atoms with Crippen LogP contribution in [0.4, 0.5) is 5.69 Å². The standard InChI is InChI=1S/C21H30N2O6S/c1-21(2,3)29-20(26)12-16-7-5-4-6-15(16)10-14-8-9-17(18(24)11-14)23-13-19(25)22-30(23,27)28/h8-9,11,15-16,24H,4-7,10,12-13H2,1-3H3,(H,22,25)/t15-,16?/m0/s1. The zero-order chi connectivity index (χ0) is 22.1. The molecule has 3 rings (SSSR count). The molecule has 0 radical (unpaired) electrons. The molecule has 1 saturated carbocycles. The van der Waals surface area contributed by atoms with Crippen LogP contribution in [0.15, 0.2) is 18.2 Å². The smallest absolute Gasteiger partial charge is 0.326 e. The highest BCUT2D eigenvalue weighted by Gasteiger charge is 2.35. The summed E-state index contributed by atoms with van der Waals surface area (Å²) in [4.78, 5) is 23.7. The fourth-order valence-corrected chi connectivity index (χ4v) is 5.45. The maximum absolute atomic E-state index is 12.3. The van der Waals surface area contributed by atoms with Gasteiger partial charge in [-0.25, -0.2) is 9.03 Å². The molecule has 0 bridgehead atoms. The van der Waals surface area contributed by atoms with Crippen molar-refractivity contribution < 1.29 is 27.9 Å². The first-order valence-electron chi connectivity index (χ1n) is 10.3. The molecule has 1 aliphatic heterocycles. The molecule has 2 aliphatic rings. The molecule has 1 amide bonds. The third kappa shape index (κ3) is 5.44. The third-order valence-electron chi connectivity index (χ3n) is 5.54. The van der Waals surface area contributed by atoms with Crippen LogP contribution in [0.2, 0.25) is 0 Å². The monoisotopic (exact) mass is 438 g/mol. The van der Waals surface area contributed by atoms with E-state index >= 15 is 0 Å². The lowest BCUT2D eigenvalue weighted by Crippen LogP contribution is -2.30. The lowest BCUT2D eigenvalue weighted by molar-refractivity contribution is -0.156. The summed E-state index contributed by atoms with van der Waals surface area (Å²) >= 11 is 0. The van der Waals surface area contributed by atoms with Crippen molar-refractivity contribution in [3.8, 4) is 5.75 Å². The van der Waals surface area contributed by atoms with Crippen molar-refractivity contribution in [2.45, 2.75) is 64.9 Å². The number of amides is 1. The summed E-state index contributed by atoms with van der Waals surface area (Å²) in [5, 5.41) is 10.4. The summed E-state index contributed by atoms with van der Waals surface area (Å²) in [5.74, 6) is -0.502. The van der Waals surface area contributed by atoms with Crippen LogP contribution in [0.3, 0.4) is 0 Å². The molecule has 30 heavy (non-hydrogen) atoms. The SMILES string of the molecule is CC(C)(C)OC(=O)CC1CCCC[C@H]1Cc1ccc(N2CC(=O)NS2(=O)=O)c(O)c1. The van der Waals surface area contributed by atoms with Crippen LogP contribution in [-0.2, 0) is 31.0 Å². The zero-order valence-corrected chi connectivity index (χ0v) is 18.5. The number of esters is 1. The van der Waals surface area contributed by atoms with Crippen molar-refractivity contribution >= 4 is 27.8 Å². The van der Waals surface area contributed by atoms with Crippen molar-refractivity contribution in [1.82, 2.24) is 4.72 Å². The minimum atomic E-state index is -3.97. The van der Waals surface area contributed by atoms with Gasteiger partial charge in [0.05, 0.1) is 5.69 Å². The quantitative estimate of drug-likeness (QED) is 0.684. The van der Waals surface area contributed by atoms with Gasteiger partial charge in [0.25, 0.3) is 5.91 Å². The summed E-state index contributed by atoms with van der Waals surface area (Å²) in [5.41, 5.74) is 0.439. The minimum absolute atomic E-state index is 0.0750. The summed E-state index contributed by atoms with van der Waals surface area (Å²) in [6.45, 7) is 5.22. The summed E-state index contributed by atoms with van der Waals surface area (Å²) in [7, 11) is -3.97. The lowest BCUT2D eigenvalue weighted by atomic mass is 9.74. The highest BCUT2D eigenvalue weighted by molar-refractivity contribution is 7.92. The number of hydrogen-bond donors (Lipinski definition) is 2. The molecule has 2 atom stereocenters. The molecule has 1 unspecified atom stereocenters. The molecule has 9 heteroatoms. The molecule has 1 heterocycles. The number of rotatable bonds is 5. The summed E-state index contributed by atoms with van der Waals surface area (Å²) in [6, 6.07) is 4.84. The van der Waals surface area contributed by atoms with Crippen LogP contribution < -0.4 is 9.03 Å². The average Bonchev–Trinajstić information content (AvgIpc) is 2.87. The fourth-order valence-electron chi connectivity index (χ4n) is 4.29. The van der Waals surface area contributed by atoms with Gasteiger partial charge in [0.15, 0.2) is 0 Å². The van der Waals surface area contributed by atoms with E-state index in [-0.39, 0.29) is 35.8 Å². The molecule has 0 spiro atoms. The van der Waals surface area contributed by atoms with Gasteiger partial charge in [-0.2, -0.15) is 8.42 Å². The molecule has 166 valence electrons. The van der Waals surface area contributed by atoms with E-state index in [1.165, 1.54) is 6.07 Å². The number of benzene rings is 1. The Hall–Kier alpha value is -2.29. The Kier molecular flexibility index (Phi) is 6.31. The number of phenols is 1. The van der Waals surface area contributed by atoms with E-state index in [9.17, 15) is 23.1 Å². The van der Waals surface area contributed by atoms with E-state index in [1.807, 2.05) is 25.5 Å². The maximum Gasteiger partial charge on any atom is 0.326 e. The Labute approximate surface area is 177 Å². The van der Waals surface area contributed by atoms with Crippen LogP contribution in [0.5, 0.6) is 5.75 Å². The first-order chi connectivity index (χ1) is 13.9. The molecule has 1 saturated heterocycles. The van der Waals surface area contributed by atoms with Crippen LogP contribution in [0.1, 0.15) is 58.4 Å². The molecule has 2 N–H and O–H groups in total. The second-order valence-corrected chi connectivity index (χ2v) is 10.8. The van der Waals surface area contributed by atoms with Gasteiger partial charge in [0, 0.05) is 6.42 Å². The molecule has 1 aromatic carbocycles. The molecule has 1 aromatic rings. The Bertz CT molecular complexity index is 922. The van der Waals surface area contributed by atoms with Gasteiger partial charge in [0.2, 0.25) is 0 Å². The number of nitrogens with zero attached hydrogens (tertiary/aromatic N) is 1. The van der Waals surface area contributed by atoms with E-state index in [4.69, 9.17) is 4.74 Å². The summed E-state index contributed by atoms with van der Waals surface area (Å²) < 4.78 is 32.3. The average molecular weight is 439 g/mol. The zero-order valence-electron chi connectivity index (χ0n) is 17.7. The largest absolute Gasteiger partial charge is 0.506 e. The molecule has 1 aliphatic carbocycles. The first-order valence-corrected chi connectivity index (χ1v) is 11.8. The predicted molar refractivity (Wildman–Crippen MR) is 112 cm³/mol. The fraction of sp³-hybridized carbons (Fsp3) is 0.619. The van der Waals surface area contributed by atoms with Crippen molar-refractivity contribution in [1.29, 1.82) is 0 Å². The second kappa shape index (κ2) is 8.45. The molecule has 2 fully saturated rings. The number of carbonyl (C=O) groups excluding carboxylic acids is 2. The van der Waals surface area contributed by atoms with Crippen molar-refractivity contribution in [2.75, 3.05) is 10.8 Å². The lowest BCUT2D eigenvalue weighted by Gasteiger charge is -2.32. The number of aromatic hydroxyl groups is 1. The second-order valence-electron chi connectivity index (χ2n) is 9.16. The van der Waals surface area contributed by atoms with Gasteiger partial charge in [0.1, 0.15) is 17.9 Å². The van der Waals surface area contributed by atoms with Crippen LogP contribution in [0.25, 0.3) is 0 Å². The highest BCUT2D eigenvalue weighted by Crippen LogP contribution is 2.37. The Morgan fingerprint density at radius 2 is 1.90 bits per heavy atom. The van der Waals surface area contributed by atoms with Crippen molar-refractivity contribution in [3.63, 3.8) is 0 Å². The molecule has 8 nitrogen and oxygen atoms in total. The van der Waals surface area contributed by atoms with E-state index in [2.05, 4.69) is 0 Å². The number of hydrogen-bond acceptors (Lipinski definition) is 6. The third-order valence-corrected chi connectivity index (χ3v) is 6.93. The van der Waals surface area contributed by atoms with E-state index in [0.29, 0.717) is 12.8 Å². The number of anilines is 1. The Morgan fingerprint density at radius 1 is 1.23 bits per heavy atom. The van der Waals surface area contributed by atoms with Crippen LogP contribution in [0, 0.1) is 11.8 Å².